The highest BCUT2D eigenvalue weighted by Crippen LogP contribution is 2.35. The number of carboxylic acid groups (broad SMARTS) is 1. The first kappa shape index (κ1) is 13.6. The van der Waals surface area contributed by atoms with Gasteiger partial charge in [0.25, 0.3) is 0 Å². The number of nitrogens with one attached hydrogen (secondary N) is 1. The smallest absolute Gasteiger partial charge is 0.328 e. The van der Waals surface area contributed by atoms with Crippen LogP contribution < -0.4 is 5.32 Å². The standard InChI is InChI=1S/C12H19N3O4/c1-7(8-3-4-8)14(2)12(19)15-6-10(16)13-5-9(15)11(17)18/h7-9H,3-6H2,1-2H3,(H,13,16)(H,17,18). The number of hydrogen-bond donors (Lipinski definition) is 2. The van der Waals surface area contributed by atoms with E-state index in [0.717, 1.165) is 17.7 Å². The predicted octanol–water partition coefficient (Wildman–Crippen LogP) is -0.278. The number of carbonyl (C=O) groups excluding carboxylic acids is 2. The third-order valence-corrected chi connectivity index (χ3v) is 3.93. The number of amides is 3. The molecule has 106 valence electrons. The first-order valence-electron chi connectivity index (χ1n) is 6.44. The lowest BCUT2D eigenvalue weighted by molar-refractivity contribution is -0.144. The fourth-order valence-electron chi connectivity index (χ4n) is 2.33. The van der Waals surface area contributed by atoms with Crippen molar-refractivity contribution in [3.63, 3.8) is 0 Å². The van der Waals surface area contributed by atoms with Gasteiger partial charge in [0.05, 0.1) is 0 Å². The molecule has 2 rings (SSSR count). The van der Waals surface area contributed by atoms with E-state index in [9.17, 15) is 14.4 Å². The van der Waals surface area contributed by atoms with Crippen molar-refractivity contribution >= 4 is 17.9 Å². The van der Waals surface area contributed by atoms with Crippen LogP contribution in [0.4, 0.5) is 4.79 Å². The van der Waals surface area contributed by atoms with Crippen molar-refractivity contribution in [1.29, 1.82) is 0 Å². The maximum absolute atomic E-state index is 12.3. The minimum atomic E-state index is -1.10. The van der Waals surface area contributed by atoms with Gasteiger partial charge in [-0.25, -0.2) is 9.59 Å². The van der Waals surface area contributed by atoms with E-state index in [1.165, 1.54) is 0 Å². The average molecular weight is 269 g/mol. The summed E-state index contributed by atoms with van der Waals surface area (Å²) in [5, 5.41) is 11.6. The highest BCUT2D eigenvalue weighted by molar-refractivity contribution is 5.90. The monoisotopic (exact) mass is 269 g/mol. The Morgan fingerprint density at radius 3 is 2.63 bits per heavy atom. The Morgan fingerprint density at radius 2 is 2.11 bits per heavy atom. The molecule has 1 saturated heterocycles. The second-order valence-electron chi connectivity index (χ2n) is 5.26. The molecular formula is C12H19N3O4. The fraction of sp³-hybridized carbons (Fsp3) is 0.750. The Labute approximate surface area is 111 Å². The van der Waals surface area contributed by atoms with E-state index in [1.54, 1.807) is 11.9 Å². The van der Waals surface area contributed by atoms with Crippen molar-refractivity contribution in [3.8, 4) is 0 Å². The molecule has 19 heavy (non-hydrogen) atoms. The molecule has 7 nitrogen and oxygen atoms in total. The summed E-state index contributed by atoms with van der Waals surface area (Å²) in [5.41, 5.74) is 0. The summed E-state index contributed by atoms with van der Waals surface area (Å²) in [6.45, 7) is 1.72. The van der Waals surface area contributed by atoms with Gasteiger partial charge in [-0.05, 0) is 25.7 Å². The summed E-state index contributed by atoms with van der Waals surface area (Å²) in [6, 6.07) is -1.30. The summed E-state index contributed by atoms with van der Waals surface area (Å²) < 4.78 is 0. The Bertz CT molecular complexity index is 408. The molecule has 2 atom stereocenters. The molecule has 0 bridgehead atoms. The number of carbonyl (C=O) groups is 3. The number of carboxylic acids is 1. The zero-order valence-electron chi connectivity index (χ0n) is 11.1. The molecule has 3 amide bonds. The topological polar surface area (TPSA) is 90.0 Å². The van der Waals surface area contributed by atoms with Crippen LogP contribution in [-0.4, -0.2) is 65.0 Å². The molecule has 0 aromatic rings. The van der Waals surface area contributed by atoms with Crippen molar-refractivity contribution in [1.82, 2.24) is 15.1 Å². The lowest BCUT2D eigenvalue weighted by Gasteiger charge is -2.37. The maximum Gasteiger partial charge on any atom is 0.328 e. The zero-order chi connectivity index (χ0) is 14.2. The Balaban J connectivity index is 2.09. The molecule has 1 saturated carbocycles. The van der Waals surface area contributed by atoms with Gasteiger partial charge in [0.15, 0.2) is 0 Å². The van der Waals surface area contributed by atoms with Crippen LogP contribution in [0.5, 0.6) is 0 Å². The second kappa shape index (κ2) is 5.07. The van der Waals surface area contributed by atoms with E-state index >= 15 is 0 Å². The number of hydrogen-bond acceptors (Lipinski definition) is 3. The molecule has 0 spiro atoms. The molecule has 2 fully saturated rings. The lowest BCUT2D eigenvalue weighted by atomic mass is 10.1. The third kappa shape index (κ3) is 2.80. The van der Waals surface area contributed by atoms with Gasteiger partial charge in [0, 0.05) is 19.6 Å². The first-order chi connectivity index (χ1) is 8.91. The Kier molecular flexibility index (Phi) is 3.64. The number of rotatable bonds is 3. The number of piperazine rings is 1. The quantitative estimate of drug-likeness (QED) is 0.737. The summed E-state index contributed by atoms with van der Waals surface area (Å²) in [4.78, 5) is 37.5. The van der Waals surface area contributed by atoms with Gasteiger partial charge in [-0.2, -0.15) is 0 Å². The van der Waals surface area contributed by atoms with Crippen LogP contribution in [-0.2, 0) is 9.59 Å². The van der Waals surface area contributed by atoms with Crippen LogP contribution in [0.2, 0.25) is 0 Å². The van der Waals surface area contributed by atoms with E-state index in [2.05, 4.69) is 5.32 Å². The van der Waals surface area contributed by atoms with Gasteiger partial charge < -0.3 is 15.3 Å². The van der Waals surface area contributed by atoms with Crippen LogP contribution >= 0.6 is 0 Å². The molecule has 2 unspecified atom stereocenters. The van der Waals surface area contributed by atoms with E-state index in [0.29, 0.717) is 5.92 Å². The van der Waals surface area contributed by atoms with Crippen molar-refractivity contribution in [2.24, 2.45) is 5.92 Å². The molecule has 2 aliphatic rings. The maximum atomic E-state index is 12.3. The van der Waals surface area contributed by atoms with Gasteiger partial charge in [0.2, 0.25) is 5.91 Å². The van der Waals surface area contributed by atoms with Crippen molar-refractivity contribution in [3.05, 3.63) is 0 Å². The summed E-state index contributed by atoms with van der Waals surface area (Å²) in [5.74, 6) is -0.921. The minimum absolute atomic E-state index is 0.0362. The Hall–Kier alpha value is -1.79. The normalized spacial score (nSPS) is 24.6. The molecule has 0 radical (unpaired) electrons. The molecule has 0 aromatic heterocycles. The molecule has 2 N–H and O–H groups in total. The highest BCUT2D eigenvalue weighted by Gasteiger charge is 2.39. The minimum Gasteiger partial charge on any atom is -0.480 e. The van der Waals surface area contributed by atoms with Crippen molar-refractivity contribution in [2.75, 3.05) is 20.1 Å². The van der Waals surface area contributed by atoms with E-state index in [4.69, 9.17) is 5.11 Å². The zero-order valence-corrected chi connectivity index (χ0v) is 11.1. The number of nitrogens with zero attached hydrogens (tertiary/aromatic N) is 2. The predicted molar refractivity (Wildman–Crippen MR) is 66.5 cm³/mol. The first-order valence-corrected chi connectivity index (χ1v) is 6.44. The molecular weight excluding hydrogens is 250 g/mol. The van der Waals surface area contributed by atoms with Gasteiger partial charge in [-0.3, -0.25) is 9.69 Å². The van der Waals surface area contributed by atoms with Gasteiger partial charge in [-0.15, -0.1) is 0 Å². The average Bonchev–Trinajstić information content (AvgIpc) is 3.19. The molecule has 1 aliphatic heterocycles. The number of urea groups is 1. The van der Waals surface area contributed by atoms with Crippen LogP contribution in [0.3, 0.4) is 0 Å². The van der Waals surface area contributed by atoms with E-state index in [1.807, 2.05) is 6.92 Å². The van der Waals surface area contributed by atoms with Crippen LogP contribution in [0.25, 0.3) is 0 Å². The third-order valence-electron chi connectivity index (χ3n) is 3.93. The van der Waals surface area contributed by atoms with E-state index < -0.39 is 12.0 Å². The van der Waals surface area contributed by atoms with Gasteiger partial charge in [-0.1, -0.05) is 0 Å². The number of aliphatic carboxylic acids is 1. The van der Waals surface area contributed by atoms with Crippen LogP contribution in [0.1, 0.15) is 19.8 Å². The van der Waals surface area contributed by atoms with Crippen molar-refractivity contribution < 1.29 is 19.5 Å². The van der Waals surface area contributed by atoms with Crippen LogP contribution in [0, 0.1) is 5.92 Å². The Morgan fingerprint density at radius 1 is 1.47 bits per heavy atom. The summed E-state index contributed by atoms with van der Waals surface area (Å²) in [7, 11) is 1.66. The molecule has 0 aromatic carbocycles. The van der Waals surface area contributed by atoms with Gasteiger partial charge in [0.1, 0.15) is 12.6 Å². The SMILES string of the molecule is CC(C1CC1)N(C)C(=O)N1CC(=O)NCC1C(=O)O. The summed E-state index contributed by atoms with van der Waals surface area (Å²) >= 11 is 0. The largest absolute Gasteiger partial charge is 0.480 e. The summed E-state index contributed by atoms with van der Waals surface area (Å²) in [6.07, 6.45) is 2.20. The van der Waals surface area contributed by atoms with Crippen molar-refractivity contribution in [2.45, 2.75) is 31.8 Å². The molecule has 1 aliphatic carbocycles. The van der Waals surface area contributed by atoms with Crippen LogP contribution in [0.15, 0.2) is 0 Å². The highest BCUT2D eigenvalue weighted by atomic mass is 16.4. The molecule has 1 heterocycles. The van der Waals surface area contributed by atoms with Gasteiger partial charge >= 0.3 is 12.0 Å². The lowest BCUT2D eigenvalue weighted by Crippen LogP contribution is -2.62. The second-order valence-corrected chi connectivity index (χ2v) is 5.26. The van der Waals surface area contributed by atoms with E-state index in [-0.39, 0.29) is 31.1 Å². The molecule has 7 heteroatoms. The fourth-order valence-corrected chi connectivity index (χ4v) is 2.33.